The molecule has 0 fully saturated rings. The van der Waals surface area contributed by atoms with Crippen LogP contribution in [-0.4, -0.2) is 42.1 Å². The Kier molecular flexibility index (Phi) is 7.61. The molecule has 0 unspecified atom stereocenters. The Hall–Kier alpha value is -3.83. The van der Waals surface area contributed by atoms with E-state index in [0.717, 1.165) is 0 Å². The quantitative estimate of drug-likeness (QED) is 0.336. The molecule has 4 aromatic rings. The summed E-state index contributed by atoms with van der Waals surface area (Å²) >= 11 is 12.3. The van der Waals surface area contributed by atoms with Crippen LogP contribution in [0.5, 0.6) is 0 Å². The van der Waals surface area contributed by atoms with E-state index in [4.69, 9.17) is 23.2 Å². The number of aromatic nitrogens is 5. The van der Waals surface area contributed by atoms with Crippen LogP contribution < -0.4 is 10.8 Å². The monoisotopic (exact) mass is 533 g/mol. The Labute approximate surface area is 213 Å². The summed E-state index contributed by atoms with van der Waals surface area (Å²) in [6.45, 7) is -0.865. The molecule has 0 aliphatic heterocycles. The number of carbonyl (C=O) groups is 1. The molecule has 3 aromatic heterocycles. The zero-order valence-corrected chi connectivity index (χ0v) is 20.0. The lowest BCUT2D eigenvalue weighted by atomic mass is 10.1. The summed E-state index contributed by atoms with van der Waals surface area (Å²) in [5, 5.41) is 17.9. The lowest BCUT2D eigenvalue weighted by Gasteiger charge is -2.14. The second-order valence-electron chi connectivity index (χ2n) is 7.60. The van der Waals surface area contributed by atoms with Crippen molar-refractivity contribution < 1.29 is 18.8 Å². The summed E-state index contributed by atoms with van der Waals surface area (Å²) in [4.78, 5) is 24.0. The molecule has 4 rings (SSSR count). The predicted octanol–water partition coefficient (Wildman–Crippen LogP) is 3.56. The van der Waals surface area contributed by atoms with Gasteiger partial charge in [0, 0.05) is 17.8 Å². The van der Waals surface area contributed by atoms with Crippen LogP contribution in [0, 0.1) is 0 Å². The Balaban J connectivity index is 1.49. The van der Waals surface area contributed by atoms with Gasteiger partial charge in [-0.1, -0.05) is 29.3 Å². The molecule has 0 aliphatic rings. The molecule has 36 heavy (non-hydrogen) atoms. The first-order chi connectivity index (χ1) is 17.2. The molecule has 2 N–H and O–H groups in total. The fraction of sp³-hybridized carbons (Fsp3) is 0.174. The highest BCUT2D eigenvalue weighted by molar-refractivity contribution is 6.31. The molecule has 0 saturated heterocycles. The lowest BCUT2D eigenvalue weighted by molar-refractivity contribution is -0.120. The number of amides is 1. The Bertz CT molecular complexity index is 1430. The Morgan fingerprint density at radius 1 is 1.17 bits per heavy atom. The molecule has 186 valence electrons. The van der Waals surface area contributed by atoms with Gasteiger partial charge in [-0.2, -0.15) is 18.6 Å². The Morgan fingerprint density at radius 3 is 2.72 bits per heavy atom. The summed E-state index contributed by atoms with van der Waals surface area (Å²) in [5.74, 6) is -3.84. The number of hydrogen-bond acceptors (Lipinski definition) is 6. The number of benzene rings is 1. The highest BCUT2D eigenvalue weighted by Crippen LogP contribution is 2.26. The summed E-state index contributed by atoms with van der Waals surface area (Å²) in [6.07, 6.45) is 3.81. The van der Waals surface area contributed by atoms with Crippen molar-refractivity contribution in [3.05, 3.63) is 99.9 Å². The maximum Gasteiger partial charge on any atom is 0.308 e. The number of nitrogens with one attached hydrogen (secondary N) is 1. The highest BCUT2D eigenvalue weighted by Gasteiger charge is 2.32. The minimum absolute atomic E-state index is 0.0147. The van der Waals surface area contributed by atoms with E-state index in [2.05, 4.69) is 25.4 Å². The first kappa shape index (κ1) is 25.3. The van der Waals surface area contributed by atoms with Gasteiger partial charge in [0.1, 0.15) is 24.9 Å². The van der Waals surface area contributed by atoms with E-state index in [1.54, 1.807) is 18.2 Å². The van der Waals surface area contributed by atoms with Crippen molar-refractivity contribution in [3.8, 4) is 5.69 Å². The zero-order valence-electron chi connectivity index (χ0n) is 18.5. The second-order valence-corrected chi connectivity index (χ2v) is 8.44. The van der Waals surface area contributed by atoms with Crippen LogP contribution >= 0.6 is 23.2 Å². The van der Waals surface area contributed by atoms with Gasteiger partial charge < -0.3 is 10.5 Å². The van der Waals surface area contributed by atoms with Crippen molar-refractivity contribution in [2.75, 3.05) is 6.54 Å². The van der Waals surface area contributed by atoms with Crippen LogP contribution in [0.4, 0.5) is 8.78 Å². The molecule has 0 radical (unpaired) electrons. The van der Waals surface area contributed by atoms with Crippen molar-refractivity contribution in [2.24, 2.45) is 4.99 Å². The van der Waals surface area contributed by atoms with Crippen molar-refractivity contribution in [3.63, 3.8) is 0 Å². The van der Waals surface area contributed by atoms with Gasteiger partial charge in [-0.15, -0.1) is 0 Å². The number of carbonyl (C=O) groups excluding carboxylic acids is 1. The smallest absolute Gasteiger partial charge is 0.308 e. The van der Waals surface area contributed by atoms with Crippen molar-refractivity contribution in [2.45, 2.75) is 18.9 Å². The predicted molar refractivity (Wildman–Crippen MR) is 127 cm³/mol. The Morgan fingerprint density at radius 2 is 2.00 bits per heavy atom. The lowest BCUT2D eigenvalue weighted by Crippen LogP contribution is -2.30. The molecule has 0 saturated carbocycles. The normalized spacial score (nSPS) is 12.1. The summed E-state index contributed by atoms with van der Waals surface area (Å²) in [7, 11) is 0. The van der Waals surface area contributed by atoms with E-state index in [-0.39, 0.29) is 29.2 Å². The van der Waals surface area contributed by atoms with Crippen molar-refractivity contribution >= 4 is 29.1 Å². The van der Waals surface area contributed by atoms with Gasteiger partial charge in [0.25, 0.3) is 0 Å². The minimum atomic E-state index is -3.36. The standard InChI is InChI=1S/C23H19Cl2F2N7O2/c24-16-4-6-18(33-14-28-13-32-33)15(9-16)11-30-22(35)10-19-17(25)5-7-21(34(19)36)31-12-23(26,27)20-3-1-2-8-29-20/h1-9,13-14,36H,10-12H2,(H,30,35). The topological polar surface area (TPSA) is 110 Å². The van der Waals surface area contributed by atoms with Gasteiger partial charge in [0.15, 0.2) is 5.49 Å². The number of rotatable bonds is 8. The first-order valence-corrected chi connectivity index (χ1v) is 11.3. The average Bonchev–Trinajstić information content (AvgIpc) is 3.40. The third-order valence-corrected chi connectivity index (χ3v) is 5.70. The van der Waals surface area contributed by atoms with Gasteiger partial charge in [0.2, 0.25) is 5.91 Å². The maximum atomic E-state index is 14.4. The molecule has 0 atom stereocenters. The number of hydrogen-bond donors (Lipinski definition) is 2. The van der Waals surface area contributed by atoms with Crippen LogP contribution in [0.15, 0.2) is 72.4 Å². The van der Waals surface area contributed by atoms with E-state index in [0.29, 0.717) is 21.0 Å². The SMILES string of the molecule is O=C(Cc1c(Cl)ccc(=NCC(F)(F)c2ccccn2)n1O)NCc1cc(Cl)ccc1-n1cncn1. The van der Waals surface area contributed by atoms with Crippen LogP contribution in [-0.2, 0) is 23.7 Å². The molecular weight excluding hydrogens is 515 g/mol. The van der Waals surface area contributed by atoms with Crippen LogP contribution in [0.2, 0.25) is 10.0 Å². The molecule has 13 heteroatoms. The van der Waals surface area contributed by atoms with Gasteiger partial charge in [0.05, 0.1) is 22.8 Å². The number of halogens is 4. The molecule has 0 aliphatic carbocycles. The van der Waals surface area contributed by atoms with Gasteiger partial charge in [-0.3, -0.25) is 14.8 Å². The summed E-state index contributed by atoms with van der Waals surface area (Å²) in [6, 6.07) is 11.9. The molecular formula is C23H19Cl2F2N7O2. The zero-order chi connectivity index (χ0) is 25.7. The van der Waals surface area contributed by atoms with E-state index in [9.17, 15) is 18.8 Å². The molecule has 0 bridgehead atoms. The third kappa shape index (κ3) is 5.86. The molecule has 0 spiro atoms. The fourth-order valence-corrected chi connectivity index (χ4v) is 3.74. The van der Waals surface area contributed by atoms with Crippen molar-refractivity contribution in [1.29, 1.82) is 0 Å². The summed E-state index contributed by atoms with van der Waals surface area (Å²) in [5.41, 5.74) is 0.685. The summed E-state index contributed by atoms with van der Waals surface area (Å²) < 4.78 is 30.9. The van der Waals surface area contributed by atoms with Gasteiger partial charge >= 0.3 is 5.92 Å². The van der Waals surface area contributed by atoms with E-state index >= 15 is 0 Å². The molecule has 1 amide bonds. The van der Waals surface area contributed by atoms with E-state index in [1.807, 2.05) is 0 Å². The van der Waals surface area contributed by atoms with Crippen molar-refractivity contribution in [1.82, 2.24) is 29.8 Å². The number of nitrogens with zero attached hydrogens (tertiary/aromatic N) is 6. The van der Waals surface area contributed by atoms with E-state index < -0.39 is 24.1 Å². The van der Waals surface area contributed by atoms with Crippen LogP contribution in [0.3, 0.4) is 0 Å². The average molecular weight is 534 g/mol. The molecule has 3 heterocycles. The second kappa shape index (κ2) is 10.8. The third-order valence-electron chi connectivity index (χ3n) is 5.12. The fourth-order valence-electron chi connectivity index (χ4n) is 3.33. The van der Waals surface area contributed by atoms with Crippen LogP contribution in [0.25, 0.3) is 5.69 Å². The molecule has 9 nitrogen and oxygen atoms in total. The first-order valence-electron chi connectivity index (χ1n) is 10.5. The van der Waals surface area contributed by atoms with Gasteiger partial charge in [-0.25, -0.2) is 9.67 Å². The van der Waals surface area contributed by atoms with Crippen LogP contribution in [0.1, 0.15) is 17.0 Å². The number of alkyl halides is 2. The maximum absolute atomic E-state index is 14.4. The van der Waals surface area contributed by atoms with Gasteiger partial charge in [-0.05, 0) is 48.0 Å². The highest BCUT2D eigenvalue weighted by atomic mass is 35.5. The molecule has 1 aromatic carbocycles. The largest absolute Gasteiger partial charge is 0.427 e. The number of pyridine rings is 2. The van der Waals surface area contributed by atoms with E-state index in [1.165, 1.54) is 53.9 Å². The minimum Gasteiger partial charge on any atom is -0.427 e.